The second-order valence-electron chi connectivity index (χ2n) is 9.46. The van der Waals surface area contributed by atoms with Crippen molar-refractivity contribution >= 4 is 11.4 Å². The van der Waals surface area contributed by atoms with Crippen LogP contribution >= 0.6 is 0 Å². The molecule has 2 rings (SSSR count). The normalized spacial score (nSPS) is 11.5. The Morgan fingerprint density at radius 1 is 0.735 bits per heavy atom. The number of hydrogen-bond donors (Lipinski definition) is 0. The summed E-state index contributed by atoms with van der Waals surface area (Å²) >= 11 is 0. The predicted molar refractivity (Wildman–Crippen MR) is 147 cm³/mol. The Hall–Kier alpha value is -2.66. The van der Waals surface area contributed by atoms with Crippen LogP contribution in [0.25, 0.3) is 11.1 Å². The molecule has 0 unspecified atom stereocenters. The molecular weight excluding hydrogens is 412 g/mol. The van der Waals surface area contributed by atoms with Gasteiger partial charge < -0.3 is 5.53 Å². The van der Waals surface area contributed by atoms with Crippen LogP contribution in [0.1, 0.15) is 114 Å². The van der Waals surface area contributed by atoms with Gasteiger partial charge in [0, 0.05) is 0 Å². The average Bonchev–Trinajstić information content (AvgIpc) is 2.86. The van der Waals surface area contributed by atoms with E-state index in [9.17, 15) is 5.53 Å². The summed E-state index contributed by atoms with van der Waals surface area (Å²) in [6.45, 7) is 8.76. The quantitative estimate of drug-likeness (QED) is 0.0841. The second kappa shape index (κ2) is 16.0. The summed E-state index contributed by atoms with van der Waals surface area (Å²) in [5.41, 5.74) is 17.9. The third-order valence-corrected chi connectivity index (χ3v) is 6.60. The minimum absolute atomic E-state index is 0.914. The van der Waals surface area contributed by atoms with Crippen LogP contribution in [0.2, 0.25) is 0 Å². The molecule has 0 N–H and O–H groups in total. The Kier molecular flexibility index (Phi) is 13.0. The van der Waals surface area contributed by atoms with E-state index in [2.05, 4.69) is 80.0 Å². The number of benzene rings is 2. The van der Waals surface area contributed by atoms with Crippen LogP contribution in [0.15, 0.2) is 59.7 Å². The minimum atomic E-state index is 0.914. The molecule has 0 heterocycles. The van der Waals surface area contributed by atoms with E-state index in [1.807, 2.05) is 6.92 Å². The Bertz CT molecular complexity index is 984. The fraction of sp³-hybridized carbons (Fsp3) is 0.500. The highest BCUT2D eigenvalue weighted by molar-refractivity contribution is 5.86. The molecule has 0 amide bonds. The molecule has 0 aliphatic rings. The van der Waals surface area contributed by atoms with E-state index in [1.54, 1.807) is 0 Å². The molecule has 0 aliphatic heterocycles. The van der Waals surface area contributed by atoms with Gasteiger partial charge in [-0.3, -0.25) is 0 Å². The van der Waals surface area contributed by atoms with Gasteiger partial charge in [0.2, 0.25) is 0 Å². The first-order valence-electron chi connectivity index (χ1n) is 13.5. The smallest absolute Gasteiger partial charge is 0.303 e. The van der Waals surface area contributed by atoms with Gasteiger partial charge in [0.1, 0.15) is 0 Å². The molecule has 0 fully saturated rings. The van der Waals surface area contributed by atoms with Crippen molar-refractivity contribution in [3.05, 3.63) is 87.5 Å². The molecule has 0 radical (unpaired) electrons. The van der Waals surface area contributed by atoms with Crippen molar-refractivity contribution in [2.75, 3.05) is 0 Å². The highest BCUT2D eigenvalue weighted by atomic mass is 14.8. The second-order valence-corrected chi connectivity index (χ2v) is 9.46. The summed E-state index contributed by atoms with van der Waals surface area (Å²) in [6, 6.07) is 18.2. The SMILES string of the molecule is CCCCCCc1cccc(C(=C(CCCCC)C(C)=C=[N+]=[N-])c2ccc(CCCC)cc2)c1. The maximum Gasteiger partial charge on any atom is 0.303 e. The first kappa shape index (κ1) is 27.6. The summed E-state index contributed by atoms with van der Waals surface area (Å²) in [5.74, 6) is 2.83. The van der Waals surface area contributed by atoms with Crippen LogP contribution in [-0.4, -0.2) is 10.7 Å². The van der Waals surface area contributed by atoms with Crippen LogP contribution in [0.5, 0.6) is 0 Å². The molecule has 0 aliphatic carbocycles. The Morgan fingerprint density at radius 3 is 2.09 bits per heavy atom. The van der Waals surface area contributed by atoms with Gasteiger partial charge in [-0.2, -0.15) is 0 Å². The zero-order valence-corrected chi connectivity index (χ0v) is 22.0. The molecule has 2 heteroatoms. The largest absolute Gasteiger partial charge is 0.348 e. The number of hydrogen-bond acceptors (Lipinski definition) is 0. The molecule has 34 heavy (non-hydrogen) atoms. The van der Waals surface area contributed by atoms with Crippen molar-refractivity contribution in [1.82, 2.24) is 0 Å². The molecule has 2 aromatic carbocycles. The monoisotopic (exact) mass is 456 g/mol. The van der Waals surface area contributed by atoms with E-state index in [-0.39, 0.29) is 0 Å². The van der Waals surface area contributed by atoms with E-state index in [0.717, 1.165) is 31.3 Å². The first-order valence-corrected chi connectivity index (χ1v) is 13.5. The topological polar surface area (TPSA) is 36.4 Å². The molecule has 2 nitrogen and oxygen atoms in total. The van der Waals surface area contributed by atoms with Gasteiger partial charge in [0.05, 0.1) is 5.57 Å². The van der Waals surface area contributed by atoms with Gasteiger partial charge in [0.15, 0.2) is 0 Å². The van der Waals surface area contributed by atoms with Gasteiger partial charge in [-0.1, -0.05) is 108 Å². The van der Waals surface area contributed by atoms with E-state index in [0.29, 0.717) is 0 Å². The first-order chi connectivity index (χ1) is 16.6. The van der Waals surface area contributed by atoms with Gasteiger partial charge in [-0.15, -0.1) is 4.79 Å². The molecular formula is C32H44N2. The lowest BCUT2D eigenvalue weighted by Gasteiger charge is -2.17. The average molecular weight is 457 g/mol. The van der Waals surface area contributed by atoms with Gasteiger partial charge in [-0.05, 0) is 78.8 Å². The van der Waals surface area contributed by atoms with E-state index < -0.39 is 0 Å². The highest BCUT2D eigenvalue weighted by Crippen LogP contribution is 2.33. The predicted octanol–water partition coefficient (Wildman–Crippen LogP) is 9.38. The van der Waals surface area contributed by atoms with Crippen molar-refractivity contribution in [1.29, 1.82) is 0 Å². The fourth-order valence-electron chi connectivity index (χ4n) is 4.57. The Balaban J connectivity index is 2.57. The molecule has 0 saturated heterocycles. The maximum atomic E-state index is 9.25. The van der Waals surface area contributed by atoms with Gasteiger partial charge in [0.25, 0.3) is 0 Å². The number of allylic oxidation sites excluding steroid dienone is 2. The lowest BCUT2D eigenvalue weighted by Crippen LogP contribution is -2.00. The lowest BCUT2D eigenvalue weighted by molar-refractivity contribution is 0.00753. The van der Waals surface area contributed by atoms with Crippen molar-refractivity contribution in [2.45, 2.75) is 105 Å². The lowest BCUT2D eigenvalue weighted by atomic mass is 9.86. The Morgan fingerprint density at radius 2 is 1.41 bits per heavy atom. The standard InChI is InChI=1S/C32H44N2/c1-5-8-11-13-16-28-17-14-18-30(24-28)32(29-22-20-27(21-23-29)15-10-7-3)31(19-12-9-6-2)26(4)25-34-33/h14,17-18,20-24H,5-13,15-16,19H2,1-4H3. The number of unbranched alkanes of at least 4 members (excludes halogenated alkanes) is 6. The highest BCUT2D eigenvalue weighted by Gasteiger charge is 2.16. The van der Waals surface area contributed by atoms with Crippen LogP contribution in [0.3, 0.4) is 0 Å². The summed E-state index contributed by atoms with van der Waals surface area (Å²) in [7, 11) is 0. The van der Waals surface area contributed by atoms with Crippen molar-refractivity contribution in [3.8, 4) is 0 Å². The molecule has 0 aromatic heterocycles. The van der Waals surface area contributed by atoms with Crippen LogP contribution in [0, 0.1) is 0 Å². The Labute approximate surface area is 208 Å². The van der Waals surface area contributed by atoms with Crippen molar-refractivity contribution in [2.24, 2.45) is 0 Å². The van der Waals surface area contributed by atoms with E-state index in [4.69, 9.17) is 0 Å². The third-order valence-electron chi connectivity index (χ3n) is 6.60. The van der Waals surface area contributed by atoms with Crippen molar-refractivity contribution < 1.29 is 4.79 Å². The zero-order chi connectivity index (χ0) is 24.6. The molecule has 2 aromatic rings. The summed E-state index contributed by atoms with van der Waals surface area (Å²) in [4.78, 5) is 3.26. The molecule has 0 bridgehead atoms. The van der Waals surface area contributed by atoms with Crippen LogP contribution in [-0.2, 0) is 12.8 Å². The zero-order valence-electron chi connectivity index (χ0n) is 22.0. The van der Waals surface area contributed by atoms with Crippen molar-refractivity contribution in [3.63, 3.8) is 0 Å². The summed E-state index contributed by atoms with van der Waals surface area (Å²) in [5, 5.41) is 0. The minimum Gasteiger partial charge on any atom is -0.348 e. The van der Waals surface area contributed by atoms with Gasteiger partial charge >= 0.3 is 5.87 Å². The number of nitrogens with zero attached hydrogens (tertiary/aromatic N) is 2. The molecule has 0 saturated carbocycles. The molecule has 182 valence electrons. The number of rotatable bonds is 15. The summed E-state index contributed by atoms with van der Waals surface area (Å²) < 4.78 is 0. The fourth-order valence-corrected chi connectivity index (χ4v) is 4.57. The number of aryl methyl sites for hydroxylation is 2. The molecule has 0 spiro atoms. The van der Waals surface area contributed by atoms with Gasteiger partial charge in [-0.25, -0.2) is 0 Å². The summed E-state index contributed by atoms with van der Waals surface area (Å²) in [6.07, 6.45) is 14.2. The van der Waals surface area contributed by atoms with Crippen LogP contribution in [0.4, 0.5) is 0 Å². The third kappa shape index (κ3) is 8.94. The van der Waals surface area contributed by atoms with Crippen LogP contribution < -0.4 is 0 Å². The molecule has 0 atom stereocenters. The van der Waals surface area contributed by atoms with E-state index >= 15 is 0 Å². The van der Waals surface area contributed by atoms with E-state index in [1.165, 1.54) is 84.8 Å². The maximum absolute atomic E-state index is 9.25.